The van der Waals surface area contributed by atoms with E-state index in [4.69, 9.17) is 9.84 Å². The molecule has 7 heteroatoms. The minimum Gasteiger partial charge on any atom is -0.480 e. The summed E-state index contributed by atoms with van der Waals surface area (Å²) in [4.78, 5) is 35.3. The van der Waals surface area contributed by atoms with Crippen LogP contribution in [0.2, 0.25) is 0 Å². The van der Waals surface area contributed by atoms with Gasteiger partial charge in [-0.2, -0.15) is 0 Å². The van der Waals surface area contributed by atoms with Gasteiger partial charge in [-0.25, -0.2) is 4.79 Å². The number of carboxylic acid groups (broad SMARTS) is 1. The number of hydrogen-bond acceptors (Lipinski definition) is 4. The Morgan fingerprint density at radius 2 is 1.48 bits per heavy atom. The lowest BCUT2D eigenvalue weighted by Crippen LogP contribution is -2.41. The van der Waals surface area contributed by atoms with Crippen molar-refractivity contribution in [2.24, 2.45) is 5.92 Å². The van der Waals surface area contributed by atoms with Crippen LogP contribution in [0.5, 0.6) is 0 Å². The van der Waals surface area contributed by atoms with Gasteiger partial charge in [-0.15, -0.1) is 0 Å². The fourth-order valence-electron chi connectivity index (χ4n) is 4.19. The number of benzene rings is 2. The summed E-state index contributed by atoms with van der Waals surface area (Å²) in [6, 6.07) is 15.4. The van der Waals surface area contributed by atoms with Crippen LogP contribution in [0.3, 0.4) is 0 Å². The fraction of sp³-hybridized carbons (Fsp3) is 0.423. The van der Waals surface area contributed by atoms with Crippen LogP contribution in [0.15, 0.2) is 48.5 Å². The summed E-state index contributed by atoms with van der Waals surface area (Å²) in [6.07, 6.45) is 1.57. The molecule has 0 bridgehead atoms. The Hall–Kier alpha value is -3.35. The molecule has 3 N–H and O–H groups in total. The van der Waals surface area contributed by atoms with Crippen LogP contribution in [0.4, 0.5) is 4.79 Å². The number of alkyl carbamates (subject to hydrolysis) is 1. The average molecular weight is 453 g/mol. The van der Waals surface area contributed by atoms with Gasteiger partial charge in [0.2, 0.25) is 5.91 Å². The molecule has 33 heavy (non-hydrogen) atoms. The zero-order valence-electron chi connectivity index (χ0n) is 19.3. The summed E-state index contributed by atoms with van der Waals surface area (Å²) in [7, 11) is 0. The lowest BCUT2D eigenvalue weighted by Gasteiger charge is -2.18. The molecular formula is C26H32N2O5. The van der Waals surface area contributed by atoms with E-state index in [1.807, 2.05) is 31.2 Å². The average Bonchev–Trinajstić information content (AvgIpc) is 3.11. The van der Waals surface area contributed by atoms with Crippen LogP contribution in [0, 0.1) is 5.92 Å². The molecule has 0 aliphatic heterocycles. The number of carboxylic acids is 1. The van der Waals surface area contributed by atoms with E-state index in [1.165, 1.54) is 29.2 Å². The molecule has 0 radical (unpaired) electrons. The molecule has 176 valence electrons. The maximum Gasteiger partial charge on any atom is 0.407 e. The van der Waals surface area contributed by atoms with Crippen LogP contribution in [0.1, 0.15) is 57.1 Å². The first kappa shape index (κ1) is 24.3. The van der Waals surface area contributed by atoms with Gasteiger partial charge in [-0.1, -0.05) is 61.9 Å². The Labute approximate surface area is 194 Å². The molecule has 0 spiro atoms. The molecule has 1 aliphatic rings. The van der Waals surface area contributed by atoms with Gasteiger partial charge in [0.25, 0.3) is 0 Å². The van der Waals surface area contributed by atoms with Gasteiger partial charge in [0, 0.05) is 17.9 Å². The van der Waals surface area contributed by atoms with E-state index < -0.39 is 18.1 Å². The van der Waals surface area contributed by atoms with Crippen molar-refractivity contribution in [1.29, 1.82) is 0 Å². The van der Waals surface area contributed by atoms with E-state index in [9.17, 15) is 14.4 Å². The summed E-state index contributed by atoms with van der Waals surface area (Å²) in [5, 5.41) is 14.2. The van der Waals surface area contributed by atoms with Crippen molar-refractivity contribution in [3.63, 3.8) is 0 Å². The van der Waals surface area contributed by atoms with Gasteiger partial charge >= 0.3 is 12.1 Å². The van der Waals surface area contributed by atoms with Crippen molar-refractivity contribution in [3.8, 4) is 11.1 Å². The molecule has 7 nitrogen and oxygen atoms in total. The smallest absolute Gasteiger partial charge is 0.407 e. The van der Waals surface area contributed by atoms with Gasteiger partial charge < -0.3 is 20.5 Å². The lowest BCUT2D eigenvalue weighted by atomic mass is 9.98. The summed E-state index contributed by atoms with van der Waals surface area (Å²) in [6.45, 7) is 5.38. The second-order valence-electron chi connectivity index (χ2n) is 8.77. The number of carbonyl (C=O) groups is 3. The summed E-state index contributed by atoms with van der Waals surface area (Å²) >= 11 is 0. The molecule has 2 aromatic carbocycles. The van der Waals surface area contributed by atoms with Gasteiger partial charge in [-0.05, 0) is 48.9 Å². The highest BCUT2D eigenvalue weighted by Gasteiger charge is 2.29. The van der Waals surface area contributed by atoms with Crippen LogP contribution in [0.25, 0.3) is 11.1 Å². The highest BCUT2D eigenvalue weighted by atomic mass is 16.5. The summed E-state index contributed by atoms with van der Waals surface area (Å²) < 4.78 is 5.57. The van der Waals surface area contributed by atoms with Gasteiger partial charge in [-0.3, -0.25) is 9.59 Å². The first-order chi connectivity index (χ1) is 15.8. The van der Waals surface area contributed by atoms with Gasteiger partial charge in [0.1, 0.15) is 12.6 Å². The second kappa shape index (κ2) is 11.0. The quantitative estimate of drug-likeness (QED) is 0.498. The maximum absolute atomic E-state index is 12.4. The number of ether oxygens (including phenoxy) is 1. The van der Waals surface area contributed by atoms with E-state index in [-0.39, 0.29) is 30.4 Å². The number of carbonyl (C=O) groups excluding carboxylic acids is 2. The molecule has 2 aromatic rings. The number of nitrogens with one attached hydrogen (secondary N) is 2. The second-order valence-corrected chi connectivity index (χ2v) is 8.77. The molecule has 0 saturated heterocycles. The third-order valence-corrected chi connectivity index (χ3v) is 6.16. The molecular weight excluding hydrogens is 420 g/mol. The molecule has 0 saturated carbocycles. The van der Waals surface area contributed by atoms with E-state index in [0.717, 1.165) is 6.42 Å². The topological polar surface area (TPSA) is 105 Å². The van der Waals surface area contributed by atoms with Crippen LogP contribution in [-0.4, -0.2) is 41.8 Å². The Balaban J connectivity index is 1.42. The normalized spacial score (nSPS) is 15.0. The SMILES string of the molecule is CC(CCCC(C)C(=O)NC(C)C(=O)O)NC(=O)OCC1c2ccccc2-c2ccccc21. The number of hydrogen-bond donors (Lipinski definition) is 3. The maximum atomic E-state index is 12.4. The first-order valence-corrected chi connectivity index (χ1v) is 11.4. The van der Waals surface area contributed by atoms with E-state index >= 15 is 0 Å². The predicted molar refractivity (Wildman–Crippen MR) is 126 cm³/mol. The third-order valence-electron chi connectivity index (χ3n) is 6.16. The number of rotatable bonds is 10. The molecule has 3 rings (SSSR count). The Bertz CT molecular complexity index is 960. The summed E-state index contributed by atoms with van der Waals surface area (Å²) in [5.74, 6) is -1.61. The van der Waals surface area contributed by atoms with Gasteiger partial charge in [0.15, 0.2) is 0 Å². The van der Waals surface area contributed by atoms with Crippen LogP contribution in [-0.2, 0) is 14.3 Å². The largest absolute Gasteiger partial charge is 0.480 e. The van der Waals surface area contributed by atoms with E-state index in [1.54, 1.807) is 6.92 Å². The monoisotopic (exact) mass is 452 g/mol. The molecule has 2 amide bonds. The number of fused-ring (bicyclic) bond motifs is 3. The summed E-state index contributed by atoms with van der Waals surface area (Å²) in [5.41, 5.74) is 4.71. The fourth-order valence-corrected chi connectivity index (χ4v) is 4.19. The number of aliphatic carboxylic acids is 1. The van der Waals surface area contributed by atoms with Crippen molar-refractivity contribution >= 4 is 18.0 Å². The Morgan fingerprint density at radius 1 is 0.909 bits per heavy atom. The van der Waals surface area contributed by atoms with Crippen LogP contribution >= 0.6 is 0 Å². The van der Waals surface area contributed by atoms with Crippen molar-refractivity contribution in [2.45, 2.75) is 58.0 Å². The lowest BCUT2D eigenvalue weighted by molar-refractivity contribution is -0.141. The third kappa shape index (κ3) is 6.12. The Morgan fingerprint density at radius 3 is 2.06 bits per heavy atom. The molecule has 0 aromatic heterocycles. The molecule has 3 unspecified atom stereocenters. The first-order valence-electron chi connectivity index (χ1n) is 11.4. The standard InChI is InChI=1S/C26H32N2O5/c1-16(24(29)28-18(3)25(30)31)9-8-10-17(2)27-26(32)33-15-23-21-13-6-4-11-19(21)20-12-5-7-14-22(20)23/h4-7,11-14,16-18,23H,8-10,15H2,1-3H3,(H,27,32)(H,28,29)(H,30,31). The van der Waals surface area contributed by atoms with E-state index in [0.29, 0.717) is 12.8 Å². The molecule has 1 aliphatic carbocycles. The van der Waals surface area contributed by atoms with Crippen molar-refractivity contribution in [3.05, 3.63) is 59.7 Å². The Kier molecular flexibility index (Phi) is 8.09. The molecule has 0 heterocycles. The predicted octanol–water partition coefficient (Wildman–Crippen LogP) is 4.31. The highest BCUT2D eigenvalue weighted by molar-refractivity contribution is 5.84. The zero-order chi connectivity index (χ0) is 24.0. The zero-order valence-corrected chi connectivity index (χ0v) is 19.3. The van der Waals surface area contributed by atoms with E-state index in [2.05, 4.69) is 34.9 Å². The highest BCUT2D eigenvalue weighted by Crippen LogP contribution is 2.44. The van der Waals surface area contributed by atoms with Crippen molar-refractivity contribution < 1.29 is 24.2 Å². The minimum absolute atomic E-state index is 0.0195. The molecule has 0 fully saturated rings. The van der Waals surface area contributed by atoms with Crippen LogP contribution < -0.4 is 10.6 Å². The minimum atomic E-state index is -1.06. The number of amides is 2. The molecule has 3 atom stereocenters. The van der Waals surface area contributed by atoms with Crippen molar-refractivity contribution in [2.75, 3.05) is 6.61 Å². The van der Waals surface area contributed by atoms with Gasteiger partial charge in [0.05, 0.1) is 0 Å². The van der Waals surface area contributed by atoms with Crippen molar-refractivity contribution in [1.82, 2.24) is 10.6 Å².